The van der Waals surface area contributed by atoms with E-state index in [2.05, 4.69) is 93.7 Å². The highest BCUT2D eigenvalue weighted by Crippen LogP contribution is 2.15. The summed E-state index contributed by atoms with van der Waals surface area (Å²) < 4.78 is 16.9. The van der Waals surface area contributed by atoms with Crippen LogP contribution in [-0.2, 0) is 28.6 Å². The van der Waals surface area contributed by atoms with Gasteiger partial charge in [0.15, 0.2) is 6.10 Å². The minimum Gasteiger partial charge on any atom is -0.462 e. The largest absolute Gasteiger partial charge is 0.462 e. The van der Waals surface area contributed by atoms with Gasteiger partial charge in [0.2, 0.25) is 0 Å². The van der Waals surface area contributed by atoms with Crippen molar-refractivity contribution in [1.29, 1.82) is 0 Å². The average Bonchev–Trinajstić information content (AvgIpc) is 3.35. The van der Waals surface area contributed by atoms with Crippen LogP contribution in [0.5, 0.6) is 0 Å². The average molecular weight is 964 g/mol. The van der Waals surface area contributed by atoms with Gasteiger partial charge < -0.3 is 14.2 Å². The first-order valence-corrected chi connectivity index (χ1v) is 29.4. The molecule has 0 aliphatic heterocycles. The lowest BCUT2D eigenvalue weighted by Crippen LogP contribution is -2.30. The summed E-state index contributed by atoms with van der Waals surface area (Å²) in [6.45, 7) is 6.57. The molecular formula is C63H110O6. The Morgan fingerprint density at radius 3 is 0.855 bits per heavy atom. The van der Waals surface area contributed by atoms with Crippen LogP contribution in [-0.4, -0.2) is 37.2 Å². The van der Waals surface area contributed by atoms with Crippen LogP contribution in [0.3, 0.4) is 0 Å². The maximum absolute atomic E-state index is 12.9. The van der Waals surface area contributed by atoms with Crippen LogP contribution in [0.2, 0.25) is 0 Å². The molecule has 0 spiro atoms. The Kier molecular flexibility index (Phi) is 54.8. The van der Waals surface area contributed by atoms with Gasteiger partial charge in [-0.25, -0.2) is 0 Å². The first-order chi connectivity index (χ1) is 34.0. The zero-order chi connectivity index (χ0) is 50.0. The normalized spacial score (nSPS) is 12.6. The highest BCUT2D eigenvalue weighted by atomic mass is 16.6. The van der Waals surface area contributed by atoms with Crippen LogP contribution < -0.4 is 0 Å². The SMILES string of the molecule is CCCCC/C=C\C/C=C\C/C=C\CCCCCCC(=O)OC[C@H](COC(=O)CCCCCCCCC/C=C\CCCCCC)OC(=O)CCCCCCCCCCC/C=C\C/C=C\CCCCC. The number of hydrogen-bond donors (Lipinski definition) is 0. The third-order valence-corrected chi connectivity index (χ3v) is 12.7. The van der Waals surface area contributed by atoms with Gasteiger partial charge >= 0.3 is 17.9 Å². The third-order valence-electron chi connectivity index (χ3n) is 12.7. The van der Waals surface area contributed by atoms with E-state index < -0.39 is 6.10 Å². The van der Waals surface area contributed by atoms with Gasteiger partial charge in [-0.3, -0.25) is 14.4 Å². The third kappa shape index (κ3) is 55.6. The van der Waals surface area contributed by atoms with Crippen LogP contribution in [0.15, 0.2) is 72.9 Å². The van der Waals surface area contributed by atoms with Crippen LogP contribution in [0.4, 0.5) is 0 Å². The molecule has 69 heavy (non-hydrogen) atoms. The lowest BCUT2D eigenvalue weighted by molar-refractivity contribution is -0.167. The molecule has 0 aromatic carbocycles. The fourth-order valence-electron chi connectivity index (χ4n) is 8.18. The molecule has 0 aromatic rings. The maximum Gasteiger partial charge on any atom is 0.306 e. The molecule has 0 aliphatic carbocycles. The van der Waals surface area contributed by atoms with Crippen molar-refractivity contribution in [1.82, 2.24) is 0 Å². The van der Waals surface area contributed by atoms with E-state index in [0.29, 0.717) is 19.3 Å². The molecule has 0 saturated carbocycles. The Hall–Kier alpha value is -3.15. The highest BCUT2D eigenvalue weighted by molar-refractivity contribution is 5.71. The zero-order valence-corrected chi connectivity index (χ0v) is 45.6. The van der Waals surface area contributed by atoms with Crippen LogP contribution in [0.1, 0.15) is 290 Å². The Labute approximate surface area is 427 Å². The standard InChI is InChI=1S/C63H110O6/c1-4-7-10-13-16-19-22-25-28-30-31-33-36-39-42-45-48-51-54-57-63(66)69-60(58-67-61(64)55-52-49-46-43-40-37-34-27-24-21-18-15-12-9-6-3)59-68-62(65)56-53-50-47-44-41-38-35-32-29-26-23-20-17-14-11-8-5-2/h16-17,19-21,24-26,28-29,35,38,60H,4-15,18,22-23,27,30-34,36-37,39-59H2,1-3H3/b19-16-,20-17-,24-21-,28-25-,29-26-,38-35-/t60-/m0/s1. The van der Waals surface area contributed by atoms with Gasteiger partial charge in [0.25, 0.3) is 0 Å². The van der Waals surface area contributed by atoms with E-state index >= 15 is 0 Å². The monoisotopic (exact) mass is 963 g/mol. The maximum atomic E-state index is 12.9. The highest BCUT2D eigenvalue weighted by Gasteiger charge is 2.19. The summed E-state index contributed by atoms with van der Waals surface area (Å²) in [5.41, 5.74) is 0. The van der Waals surface area contributed by atoms with Crippen molar-refractivity contribution >= 4 is 17.9 Å². The van der Waals surface area contributed by atoms with Gasteiger partial charge in [0, 0.05) is 19.3 Å². The number of rotatable bonds is 53. The molecule has 6 nitrogen and oxygen atoms in total. The van der Waals surface area contributed by atoms with E-state index in [4.69, 9.17) is 14.2 Å². The summed E-state index contributed by atoms with van der Waals surface area (Å²) in [4.78, 5) is 38.2. The van der Waals surface area contributed by atoms with Gasteiger partial charge in [-0.15, -0.1) is 0 Å². The van der Waals surface area contributed by atoms with Gasteiger partial charge in [-0.1, -0.05) is 229 Å². The topological polar surface area (TPSA) is 78.9 Å². The summed E-state index contributed by atoms with van der Waals surface area (Å²) in [5, 5.41) is 0. The quantitative estimate of drug-likeness (QED) is 0.0262. The summed E-state index contributed by atoms with van der Waals surface area (Å²) in [6.07, 6.45) is 73.1. The lowest BCUT2D eigenvalue weighted by Gasteiger charge is -2.18. The molecule has 6 heteroatoms. The molecule has 0 fully saturated rings. The lowest BCUT2D eigenvalue weighted by atomic mass is 10.1. The van der Waals surface area contributed by atoms with Crippen LogP contribution in [0, 0.1) is 0 Å². The molecule has 0 saturated heterocycles. The van der Waals surface area contributed by atoms with E-state index in [1.807, 2.05) is 0 Å². The van der Waals surface area contributed by atoms with E-state index in [1.165, 1.54) is 161 Å². The summed E-state index contributed by atoms with van der Waals surface area (Å²) in [7, 11) is 0. The molecule has 0 radical (unpaired) electrons. The molecule has 398 valence electrons. The number of allylic oxidation sites excluding steroid dienone is 12. The molecule has 0 amide bonds. The Morgan fingerprint density at radius 2 is 0.522 bits per heavy atom. The number of ether oxygens (including phenoxy) is 3. The molecule has 0 bridgehead atoms. The Morgan fingerprint density at radius 1 is 0.290 bits per heavy atom. The molecule has 1 atom stereocenters. The van der Waals surface area contributed by atoms with Crippen molar-refractivity contribution in [3.63, 3.8) is 0 Å². The number of hydrogen-bond acceptors (Lipinski definition) is 6. The van der Waals surface area contributed by atoms with Crippen molar-refractivity contribution in [3.05, 3.63) is 72.9 Å². The first kappa shape index (κ1) is 65.8. The minimum absolute atomic E-state index is 0.0860. The predicted molar refractivity (Wildman–Crippen MR) is 298 cm³/mol. The molecule has 0 aromatic heterocycles. The second kappa shape index (κ2) is 57.4. The van der Waals surface area contributed by atoms with E-state index in [0.717, 1.165) is 89.9 Å². The molecule has 0 unspecified atom stereocenters. The predicted octanol–water partition coefficient (Wildman–Crippen LogP) is 19.8. The fraction of sp³-hybridized carbons (Fsp3) is 0.762. The van der Waals surface area contributed by atoms with Gasteiger partial charge in [-0.05, 0) is 116 Å². The van der Waals surface area contributed by atoms with Crippen LogP contribution >= 0.6 is 0 Å². The second-order valence-electron chi connectivity index (χ2n) is 19.5. The second-order valence-corrected chi connectivity index (χ2v) is 19.5. The first-order valence-electron chi connectivity index (χ1n) is 29.4. The van der Waals surface area contributed by atoms with E-state index in [-0.39, 0.29) is 31.1 Å². The van der Waals surface area contributed by atoms with Crippen LogP contribution in [0.25, 0.3) is 0 Å². The smallest absolute Gasteiger partial charge is 0.306 e. The number of unbranched alkanes of at least 4 members (excludes halogenated alkanes) is 30. The van der Waals surface area contributed by atoms with Crippen molar-refractivity contribution < 1.29 is 28.6 Å². The molecule has 0 rings (SSSR count). The van der Waals surface area contributed by atoms with Crippen molar-refractivity contribution in [2.75, 3.05) is 13.2 Å². The van der Waals surface area contributed by atoms with Crippen molar-refractivity contribution in [2.24, 2.45) is 0 Å². The number of carbonyl (C=O) groups excluding carboxylic acids is 3. The van der Waals surface area contributed by atoms with E-state index in [1.54, 1.807) is 0 Å². The zero-order valence-electron chi connectivity index (χ0n) is 45.6. The van der Waals surface area contributed by atoms with Crippen molar-refractivity contribution in [2.45, 2.75) is 297 Å². The van der Waals surface area contributed by atoms with Crippen molar-refractivity contribution in [3.8, 4) is 0 Å². The molecule has 0 N–H and O–H groups in total. The van der Waals surface area contributed by atoms with Gasteiger partial charge in [0.1, 0.15) is 13.2 Å². The summed E-state index contributed by atoms with van der Waals surface area (Å²) >= 11 is 0. The summed E-state index contributed by atoms with van der Waals surface area (Å²) in [6, 6.07) is 0. The summed E-state index contributed by atoms with van der Waals surface area (Å²) in [5.74, 6) is -0.908. The molecule has 0 heterocycles. The molecule has 0 aliphatic rings. The van der Waals surface area contributed by atoms with E-state index in [9.17, 15) is 14.4 Å². The molecular weight excluding hydrogens is 853 g/mol. The number of carbonyl (C=O) groups is 3. The number of esters is 3. The fourth-order valence-corrected chi connectivity index (χ4v) is 8.18. The Bertz CT molecular complexity index is 1290. The van der Waals surface area contributed by atoms with Gasteiger partial charge in [0.05, 0.1) is 0 Å². The minimum atomic E-state index is -0.789. The Balaban J connectivity index is 4.42. The van der Waals surface area contributed by atoms with Gasteiger partial charge in [-0.2, -0.15) is 0 Å².